The summed E-state index contributed by atoms with van der Waals surface area (Å²) in [6.07, 6.45) is 2.37. The third-order valence-electron chi connectivity index (χ3n) is 4.27. The number of nitrogens with one attached hydrogen (secondary N) is 1. The summed E-state index contributed by atoms with van der Waals surface area (Å²) in [4.78, 5) is 12.6. The summed E-state index contributed by atoms with van der Waals surface area (Å²) in [6.45, 7) is 0.260. The maximum Gasteiger partial charge on any atom is 0.258 e. The SMILES string of the molecule is O=C(N/N=C\c1ccc(Cl)cc1Cl)[C@@H]1CCCN1S(=O)(=O)c1ccc(Cl)cc1. The Bertz CT molecular complexity index is 1010. The van der Waals surface area contributed by atoms with E-state index >= 15 is 0 Å². The van der Waals surface area contributed by atoms with Crippen LogP contribution < -0.4 is 5.43 Å². The van der Waals surface area contributed by atoms with Crippen molar-refractivity contribution >= 4 is 56.9 Å². The van der Waals surface area contributed by atoms with E-state index in [1.54, 1.807) is 18.2 Å². The van der Waals surface area contributed by atoms with Crippen LogP contribution in [0.25, 0.3) is 0 Å². The third-order valence-corrected chi connectivity index (χ3v) is 7.00. The van der Waals surface area contributed by atoms with E-state index in [4.69, 9.17) is 34.8 Å². The first-order chi connectivity index (χ1) is 13.3. The smallest absolute Gasteiger partial charge is 0.258 e. The van der Waals surface area contributed by atoms with Crippen LogP contribution in [0, 0.1) is 0 Å². The summed E-state index contributed by atoms with van der Waals surface area (Å²) in [5.74, 6) is -0.503. The number of carbonyl (C=O) groups excluding carboxylic acids is 1. The van der Waals surface area contributed by atoms with Gasteiger partial charge in [-0.15, -0.1) is 0 Å². The topological polar surface area (TPSA) is 78.8 Å². The normalized spacial score (nSPS) is 17.9. The van der Waals surface area contributed by atoms with Crippen molar-refractivity contribution in [3.8, 4) is 0 Å². The molecule has 0 radical (unpaired) electrons. The Kier molecular flexibility index (Phi) is 6.62. The molecule has 1 N–H and O–H groups in total. The van der Waals surface area contributed by atoms with E-state index in [-0.39, 0.29) is 11.4 Å². The van der Waals surface area contributed by atoms with Gasteiger partial charge < -0.3 is 0 Å². The van der Waals surface area contributed by atoms with Gasteiger partial charge in [0.15, 0.2) is 0 Å². The number of hydrogen-bond acceptors (Lipinski definition) is 4. The summed E-state index contributed by atoms with van der Waals surface area (Å²) < 4.78 is 26.9. The summed E-state index contributed by atoms with van der Waals surface area (Å²) >= 11 is 17.7. The fraction of sp³-hybridized carbons (Fsp3) is 0.222. The molecule has 2 aromatic carbocycles. The Labute approximate surface area is 178 Å². The van der Waals surface area contributed by atoms with Crippen molar-refractivity contribution in [1.82, 2.24) is 9.73 Å². The maximum atomic E-state index is 12.9. The molecule has 2 aromatic rings. The fourth-order valence-electron chi connectivity index (χ4n) is 2.88. The molecule has 1 fully saturated rings. The van der Waals surface area contributed by atoms with E-state index < -0.39 is 22.0 Å². The molecule has 1 aliphatic rings. The Morgan fingerprint density at radius 1 is 1.11 bits per heavy atom. The van der Waals surface area contributed by atoms with Gasteiger partial charge in [0, 0.05) is 22.2 Å². The van der Waals surface area contributed by atoms with Gasteiger partial charge in [-0.3, -0.25) is 4.79 Å². The van der Waals surface area contributed by atoms with Gasteiger partial charge >= 0.3 is 0 Å². The van der Waals surface area contributed by atoms with E-state index in [1.807, 2.05) is 0 Å². The number of rotatable bonds is 5. The number of amides is 1. The van der Waals surface area contributed by atoms with Crippen LogP contribution >= 0.6 is 34.8 Å². The number of hydrazone groups is 1. The lowest BCUT2D eigenvalue weighted by molar-refractivity contribution is -0.124. The predicted octanol–water partition coefficient (Wildman–Crippen LogP) is 3.95. The minimum Gasteiger partial charge on any atom is -0.271 e. The van der Waals surface area contributed by atoms with E-state index in [9.17, 15) is 13.2 Å². The molecule has 0 aliphatic carbocycles. The quantitative estimate of drug-likeness (QED) is 0.542. The first kappa shape index (κ1) is 21.1. The van der Waals surface area contributed by atoms with E-state index in [1.165, 1.54) is 34.8 Å². The van der Waals surface area contributed by atoms with Crippen LogP contribution in [-0.2, 0) is 14.8 Å². The van der Waals surface area contributed by atoms with Gasteiger partial charge in [-0.05, 0) is 49.2 Å². The Hall–Kier alpha value is -1.64. The molecule has 1 heterocycles. The summed E-state index contributed by atoms with van der Waals surface area (Å²) in [7, 11) is -3.81. The van der Waals surface area contributed by atoms with Crippen LogP contribution in [0.4, 0.5) is 0 Å². The third kappa shape index (κ3) is 4.67. The van der Waals surface area contributed by atoms with Crippen molar-refractivity contribution in [2.24, 2.45) is 5.10 Å². The van der Waals surface area contributed by atoms with E-state index in [0.717, 1.165) is 0 Å². The molecular formula is C18H16Cl3N3O3S. The molecule has 1 aliphatic heterocycles. The fourth-order valence-corrected chi connectivity index (χ4v) is 5.12. The number of sulfonamides is 1. The van der Waals surface area contributed by atoms with E-state index in [2.05, 4.69) is 10.5 Å². The first-order valence-corrected chi connectivity index (χ1v) is 10.9. The molecular weight excluding hydrogens is 445 g/mol. The lowest BCUT2D eigenvalue weighted by Gasteiger charge is -2.22. The standard InChI is InChI=1S/C18H16Cl3N3O3S/c19-13-5-7-15(8-6-13)28(26,27)24-9-1-2-17(24)18(25)23-22-11-12-3-4-14(20)10-16(12)21/h3-8,10-11,17H,1-2,9H2,(H,23,25)/b22-11-/t17-/m0/s1. The second-order valence-electron chi connectivity index (χ2n) is 6.13. The summed E-state index contributed by atoms with van der Waals surface area (Å²) in [5.41, 5.74) is 2.96. The highest BCUT2D eigenvalue weighted by molar-refractivity contribution is 7.89. The molecule has 6 nitrogen and oxygen atoms in total. The number of halogens is 3. The molecule has 3 rings (SSSR count). The van der Waals surface area contributed by atoms with Crippen molar-refractivity contribution in [3.05, 3.63) is 63.1 Å². The van der Waals surface area contributed by atoms with Crippen LogP contribution in [0.15, 0.2) is 52.5 Å². The van der Waals surface area contributed by atoms with Crippen LogP contribution in [-0.4, -0.2) is 37.4 Å². The van der Waals surface area contributed by atoms with Gasteiger partial charge in [0.25, 0.3) is 5.91 Å². The largest absolute Gasteiger partial charge is 0.271 e. The van der Waals surface area contributed by atoms with E-state index in [0.29, 0.717) is 33.5 Å². The van der Waals surface area contributed by atoms with Crippen LogP contribution in [0.5, 0.6) is 0 Å². The molecule has 0 bridgehead atoms. The van der Waals surface area contributed by atoms with Crippen molar-refractivity contribution in [1.29, 1.82) is 0 Å². The van der Waals surface area contributed by atoms with Crippen molar-refractivity contribution in [3.63, 3.8) is 0 Å². The van der Waals surface area contributed by atoms with Gasteiger partial charge in [0.1, 0.15) is 6.04 Å². The molecule has 0 spiro atoms. The Morgan fingerprint density at radius 2 is 1.79 bits per heavy atom. The summed E-state index contributed by atoms with van der Waals surface area (Å²) in [6, 6.07) is 9.88. The van der Waals surface area contributed by atoms with Crippen molar-refractivity contribution in [2.45, 2.75) is 23.8 Å². The van der Waals surface area contributed by atoms with Gasteiger partial charge in [-0.1, -0.05) is 40.9 Å². The number of benzene rings is 2. The van der Waals surface area contributed by atoms with Crippen molar-refractivity contribution in [2.75, 3.05) is 6.54 Å². The van der Waals surface area contributed by atoms with Gasteiger partial charge in [0.05, 0.1) is 16.1 Å². The highest BCUT2D eigenvalue weighted by Crippen LogP contribution is 2.27. The predicted molar refractivity (Wildman–Crippen MR) is 111 cm³/mol. The van der Waals surface area contributed by atoms with Crippen LogP contribution in [0.3, 0.4) is 0 Å². The Balaban J connectivity index is 1.72. The molecule has 0 unspecified atom stereocenters. The highest BCUT2D eigenvalue weighted by Gasteiger charge is 2.39. The average Bonchev–Trinajstić information content (AvgIpc) is 3.14. The molecule has 28 heavy (non-hydrogen) atoms. The second-order valence-corrected chi connectivity index (χ2v) is 9.30. The zero-order chi connectivity index (χ0) is 20.3. The lowest BCUT2D eigenvalue weighted by Crippen LogP contribution is -2.44. The highest BCUT2D eigenvalue weighted by atomic mass is 35.5. The number of nitrogens with zero attached hydrogens (tertiary/aromatic N) is 2. The minimum atomic E-state index is -3.81. The lowest BCUT2D eigenvalue weighted by atomic mass is 10.2. The maximum absolute atomic E-state index is 12.9. The van der Waals surface area contributed by atoms with Gasteiger partial charge in [-0.25, -0.2) is 13.8 Å². The number of hydrogen-bond donors (Lipinski definition) is 1. The van der Waals surface area contributed by atoms with Gasteiger partial charge in [0.2, 0.25) is 10.0 Å². The first-order valence-electron chi connectivity index (χ1n) is 8.34. The zero-order valence-electron chi connectivity index (χ0n) is 14.5. The van der Waals surface area contributed by atoms with Gasteiger partial charge in [-0.2, -0.15) is 9.41 Å². The molecule has 1 saturated heterocycles. The molecule has 0 aromatic heterocycles. The van der Waals surface area contributed by atoms with Crippen molar-refractivity contribution < 1.29 is 13.2 Å². The molecule has 148 valence electrons. The second kappa shape index (κ2) is 8.80. The number of carbonyl (C=O) groups is 1. The Morgan fingerprint density at radius 3 is 2.46 bits per heavy atom. The zero-order valence-corrected chi connectivity index (χ0v) is 17.6. The molecule has 1 amide bonds. The van der Waals surface area contributed by atoms with Crippen LogP contribution in [0.2, 0.25) is 15.1 Å². The minimum absolute atomic E-state index is 0.0908. The molecule has 0 saturated carbocycles. The molecule has 1 atom stereocenters. The molecule has 10 heteroatoms. The average molecular weight is 461 g/mol. The van der Waals surface area contributed by atoms with Crippen LogP contribution in [0.1, 0.15) is 18.4 Å². The summed E-state index contributed by atoms with van der Waals surface area (Å²) in [5, 5.41) is 5.20. The monoisotopic (exact) mass is 459 g/mol.